The lowest BCUT2D eigenvalue weighted by atomic mass is 10.0. The molecule has 1 aromatic carbocycles. The van der Waals surface area contributed by atoms with Crippen LogP contribution in [0.15, 0.2) is 30.5 Å². The molecule has 4 rings (SSSR count). The molecule has 1 aliphatic rings. The largest absolute Gasteiger partial charge is 0.392 e. The highest BCUT2D eigenvalue weighted by atomic mass is 32.1. The van der Waals surface area contributed by atoms with Gasteiger partial charge in [0, 0.05) is 30.2 Å². The number of anilines is 1. The predicted octanol–water partition coefficient (Wildman–Crippen LogP) is 3.60. The summed E-state index contributed by atoms with van der Waals surface area (Å²) in [6, 6.07) is 7.40. The van der Waals surface area contributed by atoms with Crippen LogP contribution >= 0.6 is 11.5 Å². The maximum absolute atomic E-state index is 15.4. The van der Waals surface area contributed by atoms with Crippen LogP contribution < -0.4 is 4.90 Å². The average molecular weight is 373 g/mol. The van der Waals surface area contributed by atoms with Crippen molar-refractivity contribution in [1.82, 2.24) is 9.36 Å². The maximum atomic E-state index is 15.4. The Morgan fingerprint density at radius 3 is 2.73 bits per heavy atom. The number of ether oxygens (including phenoxy) is 1. The van der Waals surface area contributed by atoms with Crippen molar-refractivity contribution >= 4 is 27.3 Å². The number of nitrogens with zero attached hydrogens (tertiary/aromatic N) is 3. The second-order valence-corrected chi connectivity index (χ2v) is 7.41. The number of hydrogen-bond acceptors (Lipinski definition) is 6. The lowest BCUT2D eigenvalue weighted by Crippen LogP contribution is -2.46. The number of pyridine rings is 1. The summed E-state index contributed by atoms with van der Waals surface area (Å²) in [6.07, 6.45) is 1.70. The fraction of sp³-hybridized carbons (Fsp3) is 0.368. The second kappa shape index (κ2) is 6.90. The Morgan fingerprint density at radius 1 is 1.31 bits per heavy atom. The van der Waals surface area contributed by atoms with Gasteiger partial charge in [-0.3, -0.25) is 4.98 Å². The maximum Gasteiger partial charge on any atom is 0.166 e. The number of benzene rings is 1. The smallest absolute Gasteiger partial charge is 0.166 e. The molecule has 0 aliphatic carbocycles. The molecule has 26 heavy (non-hydrogen) atoms. The van der Waals surface area contributed by atoms with Crippen molar-refractivity contribution in [1.29, 1.82) is 0 Å². The van der Waals surface area contributed by atoms with Crippen molar-refractivity contribution in [2.45, 2.75) is 32.7 Å². The Bertz CT molecular complexity index is 921. The van der Waals surface area contributed by atoms with Crippen LogP contribution in [0.25, 0.3) is 21.5 Å². The van der Waals surface area contributed by atoms with Crippen molar-refractivity contribution in [2.75, 3.05) is 18.0 Å². The summed E-state index contributed by atoms with van der Waals surface area (Å²) in [4.78, 5) is 6.29. The van der Waals surface area contributed by atoms with Crippen LogP contribution in [0, 0.1) is 5.82 Å². The van der Waals surface area contributed by atoms with E-state index in [9.17, 15) is 5.11 Å². The van der Waals surface area contributed by atoms with E-state index in [1.54, 1.807) is 6.20 Å². The molecule has 3 heterocycles. The zero-order valence-electron chi connectivity index (χ0n) is 14.6. The van der Waals surface area contributed by atoms with Gasteiger partial charge in [0.15, 0.2) is 5.82 Å². The van der Waals surface area contributed by atoms with Crippen molar-refractivity contribution < 1.29 is 14.2 Å². The molecule has 0 saturated carbocycles. The van der Waals surface area contributed by atoms with Gasteiger partial charge in [0.1, 0.15) is 5.69 Å². The van der Waals surface area contributed by atoms with E-state index in [1.165, 1.54) is 0 Å². The molecule has 2 aromatic heterocycles. The first-order valence-electron chi connectivity index (χ1n) is 8.62. The van der Waals surface area contributed by atoms with Crippen LogP contribution in [0.3, 0.4) is 0 Å². The summed E-state index contributed by atoms with van der Waals surface area (Å²) >= 11 is 1.13. The van der Waals surface area contributed by atoms with Gasteiger partial charge in [-0.2, -0.15) is 4.37 Å². The Balaban J connectivity index is 1.86. The van der Waals surface area contributed by atoms with E-state index in [1.807, 2.05) is 43.0 Å². The minimum Gasteiger partial charge on any atom is -0.392 e. The molecule has 1 N–H and O–H groups in total. The molecule has 0 radical (unpaired) electrons. The second-order valence-electron chi connectivity index (χ2n) is 6.64. The summed E-state index contributed by atoms with van der Waals surface area (Å²) in [5.41, 5.74) is 2.37. The standard InChI is InChI=1S/C19H20FN3O2S/c1-11-8-23(9-12(2)25-11)18-13(10-24)7-14-17(15-5-3-4-6-21-15)22-26-19(14)16(18)20/h3-7,11-12,24H,8-10H2,1-2H3/t11-,12+. The number of aliphatic hydroxyl groups is 1. The fourth-order valence-corrected chi connectivity index (χ4v) is 4.40. The van der Waals surface area contributed by atoms with Crippen molar-refractivity contribution in [3.63, 3.8) is 0 Å². The molecule has 3 aromatic rings. The SMILES string of the molecule is C[C@@H]1CN(c2c(CO)cc3c(-c4ccccn4)nsc3c2F)C[C@H](C)O1. The Kier molecular flexibility index (Phi) is 4.60. The fourth-order valence-electron chi connectivity index (χ4n) is 3.59. The molecule has 0 spiro atoms. The van der Waals surface area contributed by atoms with Gasteiger partial charge in [-0.05, 0) is 43.6 Å². The molecule has 7 heteroatoms. The number of hydrogen-bond donors (Lipinski definition) is 1. The number of aromatic nitrogens is 2. The Labute approximate surface area is 155 Å². The van der Waals surface area contributed by atoms with Gasteiger partial charge < -0.3 is 14.7 Å². The number of aliphatic hydroxyl groups excluding tert-OH is 1. The van der Waals surface area contributed by atoms with E-state index in [0.717, 1.165) is 11.5 Å². The van der Waals surface area contributed by atoms with Crippen LogP contribution in [0.1, 0.15) is 19.4 Å². The van der Waals surface area contributed by atoms with E-state index >= 15 is 4.39 Å². The van der Waals surface area contributed by atoms with Gasteiger partial charge in [0.05, 0.1) is 34.9 Å². The molecule has 2 atom stereocenters. The van der Waals surface area contributed by atoms with Crippen LogP contribution in [-0.2, 0) is 11.3 Å². The zero-order valence-corrected chi connectivity index (χ0v) is 15.5. The molecule has 1 aliphatic heterocycles. The first-order chi connectivity index (χ1) is 12.6. The normalized spacial score (nSPS) is 20.7. The zero-order chi connectivity index (χ0) is 18.3. The monoisotopic (exact) mass is 373 g/mol. The van der Waals surface area contributed by atoms with Crippen LogP contribution in [0.5, 0.6) is 0 Å². The van der Waals surface area contributed by atoms with Gasteiger partial charge in [0.25, 0.3) is 0 Å². The Morgan fingerprint density at radius 2 is 2.08 bits per heavy atom. The summed E-state index contributed by atoms with van der Waals surface area (Å²) < 4.78 is 26.1. The number of morpholine rings is 1. The molecule has 5 nitrogen and oxygen atoms in total. The predicted molar refractivity (Wildman–Crippen MR) is 101 cm³/mol. The van der Waals surface area contributed by atoms with E-state index in [2.05, 4.69) is 9.36 Å². The van der Waals surface area contributed by atoms with E-state index in [4.69, 9.17) is 4.74 Å². The third kappa shape index (κ3) is 2.96. The molecule has 0 unspecified atom stereocenters. The molecular weight excluding hydrogens is 353 g/mol. The minimum atomic E-state index is -0.326. The number of fused-ring (bicyclic) bond motifs is 1. The highest BCUT2D eigenvalue weighted by molar-refractivity contribution is 7.13. The van der Waals surface area contributed by atoms with Gasteiger partial charge in [0.2, 0.25) is 0 Å². The van der Waals surface area contributed by atoms with Crippen molar-refractivity contribution in [2.24, 2.45) is 0 Å². The minimum absolute atomic E-state index is 0.00549. The lowest BCUT2D eigenvalue weighted by Gasteiger charge is -2.37. The quantitative estimate of drug-likeness (QED) is 0.760. The molecule has 0 amide bonds. The summed E-state index contributed by atoms with van der Waals surface area (Å²) in [5, 5.41) is 10.6. The Hall–Kier alpha value is -2.09. The molecule has 1 fully saturated rings. The lowest BCUT2D eigenvalue weighted by molar-refractivity contribution is -0.00548. The molecule has 1 saturated heterocycles. The summed E-state index contributed by atoms with van der Waals surface area (Å²) in [7, 11) is 0. The number of rotatable bonds is 3. The average Bonchev–Trinajstić information content (AvgIpc) is 3.05. The summed E-state index contributed by atoms with van der Waals surface area (Å²) in [6.45, 7) is 4.89. The molecule has 0 bridgehead atoms. The van der Waals surface area contributed by atoms with Gasteiger partial charge in [-0.15, -0.1) is 0 Å². The third-order valence-electron chi connectivity index (χ3n) is 4.57. The van der Waals surface area contributed by atoms with Gasteiger partial charge in [-0.25, -0.2) is 4.39 Å². The van der Waals surface area contributed by atoms with Crippen LogP contribution in [0.4, 0.5) is 10.1 Å². The van der Waals surface area contributed by atoms with Crippen LogP contribution in [-0.4, -0.2) is 39.8 Å². The van der Waals surface area contributed by atoms with Crippen molar-refractivity contribution in [3.05, 3.63) is 41.8 Å². The van der Waals surface area contributed by atoms with Crippen molar-refractivity contribution in [3.8, 4) is 11.4 Å². The highest BCUT2D eigenvalue weighted by Gasteiger charge is 2.28. The van der Waals surface area contributed by atoms with E-state index < -0.39 is 0 Å². The van der Waals surface area contributed by atoms with Gasteiger partial charge in [-0.1, -0.05) is 6.07 Å². The first-order valence-corrected chi connectivity index (χ1v) is 9.39. The third-order valence-corrected chi connectivity index (χ3v) is 5.43. The molecule has 136 valence electrons. The topological polar surface area (TPSA) is 58.5 Å². The van der Waals surface area contributed by atoms with E-state index in [0.29, 0.717) is 45.8 Å². The number of halogens is 1. The van der Waals surface area contributed by atoms with Crippen LogP contribution in [0.2, 0.25) is 0 Å². The first kappa shape index (κ1) is 17.3. The highest BCUT2D eigenvalue weighted by Crippen LogP contribution is 2.39. The van der Waals surface area contributed by atoms with E-state index in [-0.39, 0.29) is 24.6 Å². The van der Waals surface area contributed by atoms with Gasteiger partial charge >= 0.3 is 0 Å². The summed E-state index contributed by atoms with van der Waals surface area (Å²) in [5.74, 6) is -0.326. The molecular formula is C19H20FN3O2S.